The van der Waals surface area contributed by atoms with E-state index in [1.54, 1.807) is 19.1 Å². The second-order valence-corrected chi connectivity index (χ2v) is 4.82. The van der Waals surface area contributed by atoms with Crippen LogP contribution in [0, 0.1) is 11.7 Å². The summed E-state index contributed by atoms with van der Waals surface area (Å²) >= 11 is 0. The van der Waals surface area contributed by atoms with Gasteiger partial charge in [0.05, 0.1) is 18.1 Å². The fraction of sp³-hybridized carbons (Fsp3) is 0.467. The Balaban J connectivity index is 2.07. The van der Waals surface area contributed by atoms with E-state index in [1.807, 2.05) is 0 Å². The zero-order chi connectivity index (χ0) is 14.5. The van der Waals surface area contributed by atoms with Gasteiger partial charge in [0.25, 0.3) is 5.91 Å². The van der Waals surface area contributed by atoms with Gasteiger partial charge in [-0.2, -0.15) is 0 Å². The molecule has 1 atom stereocenters. The van der Waals surface area contributed by atoms with Crippen LogP contribution in [0.4, 0.5) is 4.39 Å². The van der Waals surface area contributed by atoms with Crippen LogP contribution in [0.1, 0.15) is 30.1 Å². The fourth-order valence-electron chi connectivity index (χ4n) is 2.42. The van der Waals surface area contributed by atoms with E-state index >= 15 is 0 Å². The maximum Gasteiger partial charge on any atom is 0.310 e. The summed E-state index contributed by atoms with van der Waals surface area (Å²) in [6.07, 6.45) is 1.43. The maximum absolute atomic E-state index is 13.6. The highest BCUT2D eigenvalue weighted by Crippen LogP contribution is 2.20. The van der Waals surface area contributed by atoms with Crippen LogP contribution in [0.3, 0.4) is 0 Å². The van der Waals surface area contributed by atoms with E-state index in [1.165, 1.54) is 17.0 Å². The predicted octanol–water partition coefficient (Wildman–Crippen LogP) is 2.24. The lowest BCUT2D eigenvalue weighted by molar-refractivity contribution is -0.149. The Morgan fingerprint density at radius 1 is 1.40 bits per heavy atom. The van der Waals surface area contributed by atoms with Gasteiger partial charge < -0.3 is 9.64 Å². The molecule has 1 aromatic rings. The molecule has 0 bridgehead atoms. The smallest absolute Gasteiger partial charge is 0.310 e. The van der Waals surface area contributed by atoms with Crippen LogP contribution in [0.2, 0.25) is 0 Å². The van der Waals surface area contributed by atoms with Crippen molar-refractivity contribution in [3.05, 3.63) is 35.6 Å². The number of piperidine rings is 1. The van der Waals surface area contributed by atoms with Gasteiger partial charge in [-0.15, -0.1) is 0 Å². The second-order valence-electron chi connectivity index (χ2n) is 4.82. The summed E-state index contributed by atoms with van der Waals surface area (Å²) in [5, 5.41) is 0. The number of carbonyl (C=O) groups excluding carboxylic acids is 2. The van der Waals surface area contributed by atoms with E-state index in [9.17, 15) is 14.0 Å². The van der Waals surface area contributed by atoms with E-state index in [0.717, 1.165) is 6.42 Å². The Kier molecular flexibility index (Phi) is 4.71. The molecule has 0 radical (unpaired) electrons. The molecule has 1 amide bonds. The van der Waals surface area contributed by atoms with Crippen molar-refractivity contribution < 1.29 is 18.7 Å². The van der Waals surface area contributed by atoms with Crippen LogP contribution in [-0.2, 0) is 9.53 Å². The standard InChI is InChI=1S/C15H18FNO3/c1-2-20-15(19)11-6-5-9-17(10-11)14(18)12-7-3-4-8-13(12)16/h3-4,7-8,11H,2,5-6,9-10H2,1H3. The predicted molar refractivity (Wildman–Crippen MR) is 71.7 cm³/mol. The second kappa shape index (κ2) is 6.50. The van der Waals surface area contributed by atoms with Gasteiger partial charge in [-0.1, -0.05) is 12.1 Å². The van der Waals surface area contributed by atoms with Crippen molar-refractivity contribution in [2.45, 2.75) is 19.8 Å². The van der Waals surface area contributed by atoms with Gasteiger partial charge in [0.15, 0.2) is 0 Å². The lowest BCUT2D eigenvalue weighted by Crippen LogP contribution is -2.43. The number of carbonyl (C=O) groups is 2. The minimum atomic E-state index is -0.532. The lowest BCUT2D eigenvalue weighted by atomic mass is 9.97. The molecule has 5 heteroatoms. The topological polar surface area (TPSA) is 46.6 Å². The summed E-state index contributed by atoms with van der Waals surface area (Å²) in [5.41, 5.74) is 0.0528. The van der Waals surface area contributed by atoms with Crippen LogP contribution in [-0.4, -0.2) is 36.5 Å². The van der Waals surface area contributed by atoms with Gasteiger partial charge in [0.1, 0.15) is 5.82 Å². The summed E-state index contributed by atoms with van der Waals surface area (Å²) in [6.45, 7) is 2.93. The number of rotatable bonds is 3. The molecule has 1 heterocycles. The van der Waals surface area contributed by atoms with Crippen molar-refractivity contribution in [1.29, 1.82) is 0 Å². The largest absolute Gasteiger partial charge is 0.466 e. The summed E-state index contributed by atoms with van der Waals surface area (Å²) in [5.74, 6) is -1.48. The third-order valence-corrected chi connectivity index (χ3v) is 3.43. The number of likely N-dealkylation sites (tertiary alicyclic amines) is 1. The summed E-state index contributed by atoms with van der Waals surface area (Å²) < 4.78 is 18.6. The average molecular weight is 279 g/mol. The van der Waals surface area contributed by atoms with Gasteiger partial charge in [0.2, 0.25) is 0 Å². The first-order valence-corrected chi connectivity index (χ1v) is 6.84. The molecule has 108 valence electrons. The fourth-order valence-corrected chi connectivity index (χ4v) is 2.42. The van der Waals surface area contributed by atoms with Crippen LogP contribution in [0.15, 0.2) is 24.3 Å². The zero-order valence-electron chi connectivity index (χ0n) is 11.5. The van der Waals surface area contributed by atoms with Crippen LogP contribution >= 0.6 is 0 Å². The van der Waals surface area contributed by atoms with Crippen molar-refractivity contribution in [2.75, 3.05) is 19.7 Å². The Hall–Kier alpha value is -1.91. The van der Waals surface area contributed by atoms with Crippen molar-refractivity contribution in [3.8, 4) is 0 Å². The number of hydrogen-bond acceptors (Lipinski definition) is 3. The first-order valence-electron chi connectivity index (χ1n) is 6.84. The molecule has 1 aliphatic rings. The van der Waals surface area contributed by atoms with Crippen molar-refractivity contribution in [2.24, 2.45) is 5.92 Å². The van der Waals surface area contributed by atoms with Gasteiger partial charge in [-0.25, -0.2) is 4.39 Å². The normalized spacial score (nSPS) is 18.7. The zero-order valence-corrected chi connectivity index (χ0v) is 11.5. The average Bonchev–Trinajstić information content (AvgIpc) is 2.47. The van der Waals surface area contributed by atoms with Crippen molar-refractivity contribution >= 4 is 11.9 Å². The van der Waals surface area contributed by atoms with Gasteiger partial charge >= 0.3 is 5.97 Å². The first kappa shape index (κ1) is 14.5. The van der Waals surface area contributed by atoms with E-state index in [2.05, 4.69) is 0 Å². The van der Waals surface area contributed by atoms with Crippen molar-refractivity contribution in [3.63, 3.8) is 0 Å². The molecule has 0 aliphatic carbocycles. The first-order chi connectivity index (χ1) is 9.63. The van der Waals surface area contributed by atoms with E-state index < -0.39 is 5.82 Å². The molecular weight excluding hydrogens is 261 g/mol. The molecule has 1 aliphatic heterocycles. The highest BCUT2D eigenvalue weighted by Gasteiger charge is 2.30. The van der Waals surface area contributed by atoms with Crippen LogP contribution in [0.5, 0.6) is 0 Å². The molecule has 0 aromatic heterocycles. The van der Waals surface area contributed by atoms with Crippen LogP contribution < -0.4 is 0 Å². The summed E-state index contributed by atoms with van der Waals surface area (Å²) in [4.78, 5) is 25.5. The Labute approximate surface area is 117 Å². The molecule has 1 saturated heterocycles. The number of hydrogen-bond donors (Lipinski definition) is 0. The summed E-state index contributed by atoms with van der Waals surface area (Å²) in [7, 11) is 0. The van der Waals surface area contributed by atoms with Crippen molar-refractivity contribution in [1.82, 2.24) is 4.90 Å². The molecule has 1 fully saturated rings. The monoisotopic (exact) mass is 279 g/mol. The molecule has 0 saturated carbocycles. The minimum Gasteiger partial charge on any atom is -0.466 e. The maximum atomic E-state index is 13.6. The number of halogens is 1. The third kappa shape index (κ3) is 3.15. The molecule has 4 nitrogen and oxygen atoms in total. The molecule has 1 aromatic carbocycles. The van der Waals surface area contributed by atoms with Gasteiger partial charge in [0, 0.05) is 13.1 Å². The highest BCUT2D eigenvalue weighted by atomic mass is 19.1. The Bertz CT molecular complexity index is 504. The SMILES string of the molecule is CCOC(=O)C1CCCN(C(=O)c2ccccc2F)C1. The number of nitrogens with zero attached hydrogens (tertiary/aromatic N) is 1. The minimum absolute atomic E-state index is 0.0528. The number of amides is 1. The van der Waals surface area contributed by atoms with E-state index in [4.69, 9.17) is 4.74 Å². The molecule has 20 heavy (non-hydrogen) atoms. The number of esters is 1. The molecule has 1 unspecified atom stereocenters. The Morgan fingerprint density at radius 3 is 2.85 bits per heavy atom. The van der Waals surface area contributed by atoms with Gasteiger partial charge in [-0.05, 0) is 31.9 Å². The third-order valence-electron chi connectivity index (χ3n) is 3.43. The molecule has 0 N–H and O–H groups in total. The lowest BCUT2D eigenvalue weighted by Gasteiger charge is -2.31. The van der Waals surface area contributed by atoms with Crippen LogP contribution in [0.25, 0.3) is 0 Å². The quantitative estimate of drug-likeness (QED) is 0.797. The molecule has 2 rings (SSSR count). The highest BCUT2D eigenvalue weighted by molar-refractivity contribution is 5.94. The van der Waals surface area contributed by atoms with E-state index in [0.29, 0.717) is 26.1 Å². The number of benzene rings is 1. The molecule has 0 spiro atoms. The Morgan fingerprint density at radius 2 is 2.15 bits per heavy atom. The molecular formula is C15H18FNO3. The summed E-state index contributed by atoms with van der Waals surface area (Å²) in [6, 6.07) is 5.90. The van der Waals surface area contributed by atoms with Gasteiger partial charge in [-0.3, -0.25) is 9.59 Å². The number of ether oxygens (including phenoxy) is 1. The van der Waals surface area contributed by atoms with E-state index in [-0.39, 0.29) is 23.4 Å².